The molecule has 34 heavy (non-hydrogen) atoms. The molecule has 2 heterocycles. The van der Waals surface area contributed by atoms with Crippen molar-refractivity contribution in [3.05, 3.63) is 89.2 Å². The van der Waals surface area contributed by atoms with E-state index < -0.39 is 0 Å². The van der Waals surface area contributed by atoms with Gasteiger partial charge in [0.2, 0.25) is 5.91 Å². The molecule has 4 aromatic rings. The van der Waals surface area contributed by atoms with Gasteiger partial charge < -0.3 is 14.2 Å². The second kappa shape index (κ2) is 9.34. The number of amides is 1. The minimum atomic E-state index is 0.0472. The van der Waals surface area contributed by atoms with Gasteiger partial charge >= 0.3 is 0 Å². The van der Waals surface area contributed by atoms with Gasteiger partial charge in [0.1, 0.15) is 18.2 Å². The smallest absolute Gasteiger partial charge is 0.227 e. The molecule has 0 N–H and O–H groups in total. The first-order valence-electron chi connectivity index (χ1n) is 12.1. The molecule has 1 saturated heterocycles. The number of imidazole rings is 1. The number of rotatable bonds is 7. The Labute approximate surface area is 201 Å². The van der Waals surface area contributed by atoms with Crippen LogP contribution in [0.15, 0.2) is 66.7 Å². The number of fused-ring (bicyclic) bond motifs is 1. The van der Waals surface area contributed by atoms with Gasteiger partial charge in [0, 0.05) is 24.6 Å². The maximum absolute atomic E-state index is 13.1. The second-order valence-electron chi connectivity index (χ2n) is 9.17. The molecule has 0 radical (unpaired) electrons. The molecule has 174 valence electrons. The normalized spacial score (nSPS) is 15.9. The number of carbonyl (C=O) groups is 1. The highest BCUT2D eigenvalue weighted by Gasteiger charge is 2.35. The van der Waals surface area contributed by atoms with Crippen molar-refractivity contribution in [1.29, 1.82) is 0 Å². The third-order valence-electron chi connectivity index (χ3n) is 6.62. The van der Waals surface area contributed by atoms with Crippen molar-refractivity contribution >= 4 is 22.6 Å². The molecule has 0 aliphatic carbocycles. The molecule has 5 heteroatoms. The zero-order chi connectivity index (χ0) is 23.7. The molecule has 0 bridgehead atoms. The zero-order valence-corrected chi connectivity index (χ0v) is 20.1. The Hall–Kier alpha value is -3.60. The van der Waals surface area contributed by atoms with Gasteiger partial charge in [-0.15, -0.1) is 0 Å². The Morgan fingerprint density at radius 1 is 1.00 bits per heavy atom. The number of anilines is 1. The summed E-state index contributed by atoms with van der Waals surface area (Å²) in [6.45, 7) is 8.17. The summed E-state index contributed by atoms with van der Waals surface area (Å²) in [7, 11) is 0. The summed E-state index contributed by atoms with van der Waals surface area (Å²) >= 11 is 0. The van der Waals surface area contributed by atoms with Crippen LogP contribution in [-0.2, 0) is 17.8 Å². The molecular formula is C29H31N3O2. The Morgan fingerprint density at radius 2 is 1.74 bits per heavy atom. The molecule has 5 rings (SSSR count). The summed E-state index contributed by atoms with van der Waals surface area (Å²) in [6.07, 6.45) is 1.37. The summed E-state index contributed by atoms with van der Waals surface area (Å²) in [4.78, 5) is 20.0. The fraction of sp³-hybridized carbons (Fsp3) is 0.310. The minimum absolute atomic E-state index is 0.0472. The fourth-order valence-corrected chi connectivity index (χ4v) is 5.10. The number of aryl methyl sites for hydroxylation is 3. The van der Waals surface area contributed by atoms with Crippen molar-refractivity contribution in [3.8, 4) is 5.75 Å². The highest BCUT2D eigenvalue weighted by molar-refractivity contribution is 5.97. The molecule has 1 aliphatic heterocycles. The van der Waals surface area contributed by atoms with Crippen molar-refractivity contribution < 1.29 is 9.53 Å². The summed E-state index contributed by atoms with van der Waals surface area (Å²) in [5, 5.41) is 0. The molecule has 0 spiro atoms. The zero-order valence-electron chi connectivity index (χ0n) is 20.1. The number of carbonyl (C=O) groups excluding carboxylic acids is 1. The lowest BCUT2D eigenvalue weighted by atomic mass is 10.1. The summed E-state index contributed by atoms with van der Waals surface area (Å²) in [5.41, 5.74) is 6.66. The third kappa shape index (κ3) is 4.30. The van der Waals surface area contributed by atoms with Gasteiger partial charge in [0.05, 0.1) is 17.6 Å². The van der Waals surface area contributed by atoms with E-state index in [0.29, 0.717) is 26.1 Å². The van der Waals surface area contributed by atoms with Crippen LogP contribution in [0.5, 0.6) is 5.75 Å². The van der Waals surface area contributed by atoms with E-state index in [1.165, 1.54) is 16.7 Å². The summed E-state index contributed by atoms with van der Waals surface area (Å²) < 4.78 is 8.36. The average molecular weight is 454 g/mol. The molecule has 5 nitrogen and oxygen atoms in total. The lowest BCUT2D eigenvalue weighted by molar-refractivity contribution is -0.117. The predicted octanol–water partition coefficient (Wildman–Crippen LogP) is 5.82. The largest absolute Gasteiger partial charge is 0.492 e. The maximum Gasteiger partial charge on any atom is 0.227 e. The molecule has 0 unspecified atom stereocenters. The third-order valence-corrected chi connectivity index (χ3v) is 6.62. The lowest BCUT2D eigenvalue weighted by Gasteiger charge is -2.20. The van der Waals surface area contributed by atoms with Crippen LogP contribution in [0, 0.1) is 13.8 Å². The van der Waals surface area contributed by atoms with Crippen LogP contribution in [0.25, 0.3) is 11.0 Å². The first-order chi connectivity index (χ1) is 16.5. The second-order valence-corrected chi connectivity index (χ2v) is 9.17. The molecule has 1 amide bonds. The first kappa shape index (κ1) is 22.2. The maximum atomic E-state index is 13.1. The van der Waals surface area contributed by atoms with E-state index in [-0.39, 0.29) is 11.8 Å². The average Bonchev–Trinajstić information content (AvgIpc) is 3.39. The lowest BCUT2D eigenvalue weighted by Crippen LogP contribution is -2.25. The van der Waals surface area contributed by atoms with Gasteiger partial charge in [-0.1, -0.05) is 43.3 Å². The van der Waals surface area contributed by atoms with Gasteiger partial charge in [-0.2, -0.15) is 0 Å². The quantitative estimate of drug-likeness (QED) is 0.354. The van der Waals surface area contributed by atoms with E-state index in [0.717, 1.165) is 34.7 Å². The van der Waals surface area contributed by atoms with Crippen LogP contribution in [0.3, 0.4) is 0 Å². The van der Waals surface area contributed by atoms with Gasteiger partial charge in [-0.3, -0.25) is 4.79 Å². The Kier molecular flexibility index (Phi) is 6.10. The number of benzene rings is 3. The number of para-hydroxylation sites is 3. The van der Waals surface area contributed by atoms with Gasteiger partial charge in [-0.05, 0) is 67.3 Å². The van der Waals surface area contributed by atoms with Crippen LogP contribution >= 0.6 is 0 Å². The molecule has 3 aromatic carbocycles. The minimum Gasteiger partial charge on any atom is -0.492 e. The van der Waals surface area contributed by atoms with Crippen LogP contribution in [0.2, 0.25) is 0 Å². The SMILES string of the molecule is CCc1ccccc1N1C[C@@H](c2nc3ccccc3n2CCOc2cc(C)cc(C)c2)CC1=O. The molecule has 0 saturated carbocycles. The van der Waals surface area contributed by atoms with E-state index in [4.69, 9.17) is 9.72 Å². The van der Waals surface area contributed by atoms with Crippen LogP contribution < -0.4 is 9.64 Å². The molecule has 1 atom stereocenters. The molecule has 1 aliphatic rings. The number of aromatic nitrogens is 2. The van der Waals surface area contributed by atoms with Gasteiger partial charge in [-0.25, -0.2) is 4.98 Å². The number of nitrogens with zero attached hydrogens (tertiary/aromatic N) is 3. The highest BCUT2D eigenvalue weighted by Crippen LogP contribution is 2.34. The topological polar surface area (TPSA) is 47.4 Å². The van der Waals surface area contributed by atoms with Crippen molar-refractivity contribution in [2.24, 2.45) is 0 Å². The number of ether oxygens (including phenoxy) is 1. The monoisotopic (exact) mass is 453 g/mol. The fourth-order valence-electron chi connectivity index (χ4n) is 5.10. The van der Waals surface area contributed by atoms with Crippen LogP contribution in [0.1, 0.15) is 41.8 Å². The number of hydrogen-bond donors (Lipinski definition) is 0. The van der Waals surface area contributed by atoms with Crippen molar-refractivity contribution in [2.45, 2.75) is 46.1 Å². The Bertz CT molecular complexity index is 1320. The van der Waals surface area contributed by atoms with Crippen molar-refractivity contribution in [1.82, 2.24) is 9.55 Å². The molecule has 1 aromatic heterocycles. The summed E-state index contributed by atoms with van der Waals surface area (Å²) in [5.74, 6) is 2.07. The van der Waals surface area contributed by atoms with E-state index in [1.54, 1.807) is 0 Å². The van der Waals surface area contributed by atoms with Crippen LogP contribution in [-0.4, -0.2) is 28.6 Å². The van der Waals surface area contributed by atoms with Gasteiger partial charge in [0.15, 0.2) is 0 Å². The van der Waals surface area contributed by atoms with Crippen molar-refractivity contribution in [2.75, 3.05) is 18.1 Å². The van der Waals surface area contributed by atoms with E-state index in [1.807, 2.05) is 35.2 Å². The molecule has 1 fully saturated rings. The van der Waals surface area contributed by atoms with Crippen molar-refractivity contribution in [3.63, 3.8) is 0 Å². The van der Waals surface area contributed by atoms with E-state index >= 15 is 0 Å². The standard InChI is InChI=1S/C29H31N3O2/c1-4-22-9-5-7-11-26(22)32-19-23(18-28(32)33)29-30-25-10-6-8-12-27(25)31(29)13-14-34-24-16-20(2)15-21(3)17-24/h5-12,15-17,23H,4,13-14,18-19H2,1-3H3/t23-/m0/s1. The Balaban J connectivity index is 1.41. The Morgan fingerprint density at radius 3 is 2.53 bits per heavy atom. The predicted molar refractivity (Wildman–Crippen MR) is 137 cm³/mol. The molecular weight excluding hydrogens is 422 g/mol. The van der Waals surface area contributed by atoms with Gasteiger partial charge in [0.25, 0.3) is 0 Å². The van der Waals surface area contributed by atoms with E-state index in [2.05, 4.69) is 61.7 Å². The summed E-state index contributed by atoms with van der Waals surface area (Å²) in [6, 6.07) is 22.7. The highest BCUT2D eigenvalue weighted by atomic mass is 16.5. The van der Waals surface area contributed by atoms with E-state index in [9.17, 15) is 4.79 Å². The first-order valence-corrected chi connectivity index (χ1v) is 12.1. The van der Waals surface area contributed by atoms with Crippen LogP contribution in [0.4, 0.5) is 5.69 Å². The number of hydrogen-bond acceptors (Lipinski definition) is 3.